The van der Waals surface area contributed by atoms with Gasteiger partial charge >= 0.3 is 0 Å². The predicted octanol–water partition coefficient (Wildman–Crippen LogP) is 2.76. The van der Waals surface area contributed by atoms with Gasteiger partial charge in [-0.1, -0.05) is 38.5 Å². The molecular formula is C13H25N3. The summed E-state index contributed by atoms with van der Waals surface area (Å²) in [5, 5.41) is 4.42. The van der Waals surface area contributed by atoms with E-state index in [0.29, 0.717) is 12.0 Å². The van der Waals surface area contributed by atoms with Crippen LogP contribution in [0.4, 0.5) is 0 Å². The molecule has 92 valence electrons. The second kappa shape index (κ2) is 6.12. The van der Waals surface area contributed by atoms with Crippen molar-refractivity contribution in [3.63, 3.8) is 0 Å². The Kier molecular flexibility index (Phi) is 4.49. The van der Waals surface area contributed by atoms with E-state index in [1.807, 2.05) is 0 Å². The van der Waals surface area contributed by atoms with E-state index in [-0.39, 0.29) is 0 Å². The van der Waals surface area contributed by atoms with Gasteiger partial charge < -0.3 is 11.2 Å². The Balaban J connectivity index is 1.76. The van der Waals surface area contributed by atoms with Crippen molar-refractivity contribution in [2.24, 2.45) is 16.8 Å². The molecule has 0 aromatic rings. The Bertz CT molecular complexity index is 225. The summed E-state index contributed by atoms with van der Waals surface area (Å²) < 4.78 is 0. The van der Waals surface area contributed by atoms with E-state index >= 15 is 0 Å². The van der Waals surface area contributed by atoms with E-state index in [0.717, 1.165) is 5.84 Å². The van der Waals surface area contributed by atoms with Gasteiger partial charge in [0.1, 0.15) is 5.84 Å². The third-order valence-electron chi connectivity index (χ3n) is 4.00. The fraction of sp³-hybridized carbons (Fsp3) is 0.923. The van der Waals surface area contributed by atoms with Gasteiger partial charge in [0.2, 0.25) is 0 Å². The van der Waals surface area contributed by atoms with Crippen molar-refractivity contribution in [3.05, 3.63) is 0 Å². The molecule has 3 nitrogen and oxygen atoms in total. The van der Waals surface area contributed by atoms with Crippen LogP contribution in [0.2, 0.25) is 0 Å². The monoisotopic (exact) mass is 223 g/mol. The molecule has 2 aliphatic rings. The van der Waals surface area contributed by atoms with Crippen LogP contribution in [0.1, 0.15) is 64.2 Å². The van der Waals surface area contributed by atoms with E-state index in [9.17, 15) is 0 Å². The number of hydrogen-bond acceptors (Lipinski definition) is 2. The Morgan fingerprint density at radius 2 is 1.44 bits per heavy atom. The zero-order valence-electron chi connectivity index (χ0n) is 10.3. The molecule has 16 heavy (non-hydrogen) atoms. The van der Waals surface area contributed by atoms with Crippen LogP contribution < -0.4 is 11.2 Å². The van der Waals surface area contributed by atoms with Crippen molar-refractivity contribution in [3.8, 4) is 0 Å². The number of nitrogens with two attached hydrogens (primary N) is 1. The van der Waals surface area contributed by atoms with E-state index < -0.39 is 0 Å². The van der Waals surface area contributed by atoms with Gasteiger partial charge in [-0.15, -0.1) is 0 Å². The molecule has 0 radical (unpaired) electrons. The average Bonchev–Trinajstić information content (AvgIpc) is 2.38. The molecule has 0 saturated heterocycles. The quantitative estimate of drug-likeness (QED) is 0.439. The molecule has 2 rings (SSSR count). The fourth-order valence-corrected chi connectivity index (χ4v) is 2.89. The number of rotatable bonds is 3. The van der Waals surface area contributed by atoms with Gasteiger partial charge in [-0.2, -0.15) is 5.10 Å². The molecule has 0 aromatic heterocycles. The summed E-state index contributed by atoms with van der Waals surface area (Å²) in [6.45, 7) is 0. The molecule has 2 saturated carbocycles. The molecule has 3 N–H and O–H groups in total. The van der Waals surface area contributed by atoms with E-state index in [1.165, 1.54) is 64.2 Å². The summed E-state index contributed by atoms with van der Waals surface area (Å²) in [5.41, 5.74) is 9.33. The van der Waals surface area contributed by atoms with Crippen molar-refractivity contribution in [1.29, 1.82) is 0 Å². The fourth-order valence-electron chi connectivity index (χ4n) is 2.89. The van der Waals surface area contributed by atoms with Crippen LogP contribution in [-0.2, 0) is 0 Å². The lowest BCUT2D eigenvalue weighted by atomic mass is 9.88. The SMILES string of the molecule is N/C(=N\NC1CCCCC1)C1CCCCC1. The van der Waals surface area contributed by atoms with Crippen molar-refractivity contribution >= 4 is 5.84 Å². The highest BCUT2D eigenvalue weighted by Crippen LogP contribution is 2.23. The first-order valence-electron chi connectivity index (χ1n) is 6.95. The largest absolute Gasteiger partial charge is 0.385 e. The Morgan fingerprint density at radius 1 is 0.875 bits per heavy atom. The summed E-state index contributed by atoms with van der Waals surface area (Å²) in [6.07, 6.45) is 13.1. The maximum Gasteiger partial charge on any atom is 0.122 e. The van der Waals surface area contributed by atoms with Crippen molar-refractivity contribution < 1.29 is 0 Å². The lowest BCUT2D eigenvalue weighted by Gasteiger charge is -2.24. The average molecular weight is 223 g/mol. The molecule has 0 spiro atoms. The number of nitrogens with one attached hydrogen (secondary N) is 1. The molecule has 0 aliphatic heterocycles. The van der Waals surface area contributed by atoms with E-state index in [2.05, 4.69) is 10.5 Å². The van der Waals surface area contributed by atoms with Crippen molar-refractivity contribution in [2.45, 2.75) is 70.3 Å². The van der Waals surface area contributed by atoms with Gasteiger partial charge in [-0.25, -0.2) is 0 Å². The minimum Gasteiger partial charge on any atom is -0.385 e. The normalized spacial score (nSPS) is 25.6. The van der Waals surface area contributed by atoms with Crippen molar-refractivity contribution in [2.75, 3.05) is 0 Å². The molecule has 2 fully saturated rings. The molecule has 0 amide bonds. The molecule has 0 atom stereocenters. The summed E-state index contributed by atoms with van der Waals surface area (Å²) in [5.74, 6) is 1.40. The zero-order valence-corrected chi connectivity index (χ0v) is 10.3. The van der Waals surface area contributed by atoms with Crippen LogP contribution in [-0.4, -0.2) is 11.9 Å². The highest BCUT2D eigenvalue weighted by molar-refractivity contribution is 5.82. The zero-order chi connectivity index (χ0) is 11.2. The van der Waals surface area contributed by atoms with Gasteiger partial charge in [0.25, 0.3) is 0 Å². The van der Waals surface area contributed by atoms with Crippen LogP contribution in [0.15, 0.2) is 5.10 Å². The minimum absolute atomic E-state index is 0.546. The summed E-state index contributed by atoms with van der Waals surface area (Å²) in [6, 6.07) is 0.580. The second-order valence-corrected chi connectivity index (χ2v) is 5.34. The first kappa shape index (κ1) is 11.7. The van der Waals surface area contributed by atoms with E-state index in [1.54, 1.807) is 0 Å². The van der Waals surface area contributed by atoms with Crippen molar-refractivity contribution in [1.82, 2.24) is 5.43 Å². The highest BCUT2D eigenvalue weighted by atomic mass is 15.3. The summed E-state index contributed by atoms with van der Waals surface area (Å²) in [7, 11) is 0. The topological polar surface area (TPSA) is 50.4 Å². The number of hydrazone groups is 1. The Labute approximate surface area is 98.9 Å². The van der Waals surface area contributed by atoms with Gasteiger partial charge in [-0.05, 0) is 25.7 Å². The maximum atomic E-state index is 6.05. The maximum absolute atomic E-state index is 6.05. The first-order valence-corrected chi connectivity index (χ1v) is 6.95. The number of nitrogens with zero attached hydrogens (tertiary/aromatic N) is 1. The third-order valence-corrected chi connectivity index (χ3v) is 4.00. The third kappa shape index (κ3) is 3.39. The van der Waals surface area contributed by atoms with Crippen LogP contribution in [0.25, 0.3) is 0 Å². The summed E-state index contributed by atoms with van der Waals surface area (Å²) >= 11 is 0. The van der Waals surface area contributed by atoms with Crippen LogP contribution in [0.5, 0.6) is 0 Å². The minimum atomic E-state index is 0.546. The lowest BCUT2D eigenvalue weighted by molar-refractivity contribution is 0.376. The second-order valence-electron chi connectivity index (χ2n) is 5.34. The van der Waals surface area contributed by atoms with Crippen LogP contribution in [0.3, 0.4) is 0 Å². The predicted molar refractivity (Wildman–Crippen MR) is 68.2 cm³/mol. The molecular weight excluding hydrogens is 198 g/mol. The molecule has 2 aliphatic carbocycles. The highest BCUT2D eigenvalue weighted by Gasteiger charge is 2.18. The molecule has 3 heteroatoms. The summed E-state index contributed by atoms with van der Waals surface area (Å²) in [4.78, 5) is 0. The first-order chi connectivity index (χ1) is 7.86. The lowest BCUT2D eigenvalue weighted by Crippen LogP contribution is -2.33. The van der Waals surface area contributed by atoms with Crippen LogP contribution in [0, 0.1) is 5.92 Å². The van der Waals surface area contributed by atoms with Gasteiger partial charge in [0.05, 0.1) is 0 Å². The van der Waals surface area contributed by atoms with Gasteiger partial charge in [0.15, 0.2) is 0 Å². The molecule has 0 unspecified atom stereocenters. The smallest absolute Gasteiger partial charge is 0.122 e. The van der Waals surface area contributed by atoms with Gasteiger partial charge in [-0.3, -0.25) is 0 Å². The molecule has 0 bridgehead atoms. The van der Waals surface area contributed by atoms with E-state index in [4.69, 9.17) is 5.73 Å². The Morgan fingerprint density at radius 3 is 2.06 bits per heavy atom. The molecule has 0 aromatic carbocycles. The number of hydrogen-bond donors (Lipinski definition) is 2. The standard InChI is InChI=1S/C13H25N3/c14-13(11-7-3-1-4-8-11)16-15-12-9-5-2-6-10-12/h11-12,15H,1-10H2,(H2,14,16). The molecule has 0 heterocycles. The Hall–Kier alpha value is -0.730. The van der Waals surface area contributed by atoms with Gasteiger partial charge in [0, 0.05) is 12.0 Å². The van der Waals surface area contributed by atoms with Crippen LogP contribution >= 0.6 is 0 Å². The number of amidine groups is 1.